The maximum absolute atomic E-state index is 5.91. The summed E-state index contributed by atoms with van der Waals surface area (Å²) in [5.74, 6) is 0.802. The molecule has 0 radical (unpaired) electrons. The molecule has 1 aromatic heterocycles. The van der Waals surface area contributed by atoms with Gasteiger partial charge in [-0.05, 0) is 30.9 Å². The summed E-state index contributed by atoms with van der Waals surface area (Å²) < 4.78 is 5.91. The number of aromatic nitrogens is 1. The fraction of sp³-hybridized carbons (Fsp3) is 0.438. The molecular weight excluding hydrogens is 236 g/mol. The van der Waals surface area contributed by atoms with E-state index in [1.54, 1.807) is 0 Å². The van der Waals surface area contributed by atoms with Crippen LogP contribution in [0.3, 0.4) is 0 Å². The molecule has 3 nitrogen and oxygen atoms in total. The molecule has 1 aromatic carbocycles. The highest BCUT2D eigenvalue weighted by Gasteiger charge is 2.35. The lowest BCUT2D eigenvalue weighted by Gasteiger charge is -2.35. The predicted molar refractivity (Wildman–Crippen MR) is 76.4 cm³/mol. The van der Waals surface area contributed by atoms with Crippen LogP contribution >= 0.6 is 0 Å². The molecule has 1 atom stereocenters. The van der Waals surface area contributed by atoms with Gasteiger partial charge in [-0.2, -0.15) is 0 Å². The van der Waals surface area contributed by atoms with Crippen LogP contribution in [0.2, 0.25) is 0 Å². The number of rotatable bonds is 2. The topological polar surface area (TPSA) is 25.4 Å². The number of para-hydroxylation sites is 1. The number of hydrogen-bond acceptors (Lipinski definition) is 3. The highest BCUT2D eigenvalue weighted by molar-refractivity contribution is 5.91. The first-order valence-corrected chi connectivity index (χ1v) is 7.12. The van der Waals surface area contributed by atoms with Gasteiger partial charge in [0.15, 0.2) is 0 Å². The average molecular weight is 254 g/mol. The SMILES string of the molecule is c1ccc2c(N3CCOC(C4CC4)C3)ccnc2c1. The highest BCUT2D eigenvalue weighted by Crippen LogP contribution is 2.37. The molecule has 1 saturated heterocycles. The zero-order chi connectivity index (χ0) is 12.7. The van der Waals surface area contributed by atoms with Crippen molar-refractivity contribution in [3.63, 3.8) is 0 Å². The highest BCUT2D eigenvalue weighted by atomic mass is 16.5. The fourth-order valence-corrected chi connectivity index (χ4v) is 3.00. The number of fused-ring (bicyclic) bond motifs is 1. The summed E-state index contributed by atoms with van der Waals surface area (Å²) in [6, 6.07) is 10.5. The first-order valence-electron chi connectivity index (χ1n) is 7.12. The van der Waals surface area contributed by atoms with Crippen molar-refractivity contribution in [3.8, 4) is 0 Å². The van der Waals surface area contributed by atoms with Gasteiger partial charge in [0.05, 0.1) is 18.2 Å². The second-order valence-electron chi connectivity index (χ2n) is 5.54. The number of benzene rings is 1. The van der Waals surface area contributed by atoms with Crippen LogP contribution in [0.4, 0.5) is 5.69 Å². The van der Waals surface area contributed by atoms with Crippen LogP contribution in [0, 0.1) is 5.92 Å². The van der Waals surface area contributed by atoms with Crippen LogP contribution < -0.4 is 4.90 Å². The molecule has 98 valence electrons. The molecule has 2 aliphatic rings. The molecule has 19 heavy (non-hydrogen) atoms. The predicted octanol–water partition coefficient (Wildman–Crippen LogP) is 2.85. The second kappa shape index (κ2) is 4.49. The minimum absolute atomic E-state index is 0.431. The summed E-state index contributed by atoms with van der Waals surface area (Å²) in [6.07, 6.45) is 5.03. The monoisotopic (exact) mass is 254 g/mol. The Hall–Kier alpha value is -1.61. The van der Waals surface area contributed by atoms with Crippen LogP contribution in [0.15, 0.2) is 36.5 Å². The van der Waals surface area contributed by atoms with Crippen molar-refractivity contribution in [1.29, 1.82) is 0 Å². The number of anilines is 1. The lowest BCUT2D eigenvalue weighted by molar-refractivity contribution is 0.0264. The second-order valence-corrected chi connectivity index (χ2v) is 5.54. The van der Waals surface area contributed by atoms with Crippen molar-refractivity contribution in [2.45, 2.75) is 18.9 Å². The molecule has 3 heteroatoms. The van der Waals surface area contributed by atoms with E-state index in [9.17, 15) is 0 Å². The Labute approximate surface area is 113 Å². The van der Waals surface area contributed by atoms with Gasteiger partial charge in [0.2, 0.25) is 0 Å². The van der Waals surface area contributed by atoms with E-state index in [-0.39, 0.29) is 0 Å². The number of pyridine rings is 1. The molecule has 1 saturated carbocycles. The summed E-state index contributed by atoms with van der Waals surface area (Å²) in [7, 11) is 0. The van der Waals surface area contributed by atoms with Gasteiger partial charge in [-0.15, -0.1) is 0 Å². The van der Waals surface area contributed by atoms with E-state index in [0.29, 0.717) is 6.10 Å². The first kappa shape index (κ1) is 11.2. The molecule has 1 unspecified atom stereocenters. The molecule has 2 heterocycles. The van der Waals surface area contributed by atoms with E-state index in [0.717, 1.165) is 31.1 Å². The average Bonchev–Trinajstić information content (AvgIpc) is 3.31. The van der Waals surface area contributed by atoms with Crippen LogP contribution in [-0.2, 0) is 4.74 Å². The minimum Gasteiger partial charge on any atom is -0.374 e. The van der Waals surface area contributed by atoms with Gasteiger partial charge in [0.1, 0.15) is 0 Å². The van der Waals surface area contributed by atoms with Gasteiger partial charge < -0.3 is 9.64 Å². The van der Waals surface area contributed by atoms with E-state index in [4.69, 9.17) is 4.74 Å². The largest absolute Gasteiger partial charge is 0.374 e. The fourth-order valence-electron chi connectivity index (χ4n) is 3.00. The normalized spacial score (nSPS) is 23.8. The molecular formula is C16H18N2O. The van der Waals surface area contributed by atoms with Crippen LogP contribution in [0.25, 0.3) is 10.9 Å². The minimum atomic E-state index is 0.431. The molecule has 1 aliphatic heterocycles. The summed E-state index contributed by atoms with van der Waals surface area (Å²) >= 11 is 0. The van der Waals surface area contributed by atoms with Crippen LogP contribution in [0.5, 0.6) is 0 Å². The first-order chi connectivity index (χ1) is 9.42. The van der Waals surface area contributed by atoms with Gasteiger partial charge in [-0.3, -0.25) is 4.98 Å². The van der Waals surface area contributed by atoms with Gasteiger partial charge in [-0.1, -0.05) is 18.2 Å². The number of morpholine rings is 1. The van der Waals surface area contributed by atoms with E-state index in [1.807, 2.05) is 12.3 Å². The number of hydrogen-bond donors (Lipinski definition) is 0. The third kappa shape index (κ3) is 2.08. The van der Waals surface area contributed by atoms with E-state index >= 15 is 0 Å². The third-order valence-electron chi connectivity index (χ3n) is 4.21. The van der Waals surface area contributed by atoms with E-state index in [2.05, 4.69) is 34.1 Å². The van der Waals surface area contributed by atoms with E-state index in [1.165, 1.54) is 23.9 Å². The number of nitrogens with zero attached hydrogens (tertiary/aromatic N) is 2. The van der Waals surface area contributed by atoms with E-state index < -0.39 is 0 Å². The van der Waals surface area contributed by atoms with Crippen molar-refractivity contribution in [2.24, 2.45) is 5.92 Å². The molecule has 0 spiro atoms. The summed E-state index contributed by atoms with van der Waals surface area (Å²) in [5.41, 5.74) is 2.38. The molecule has 4 rings (SSSR count). The maximum atomic E-state index is 5.91. The third-order valence-corrected chi connectivity index (χ3v) is 4.21. The Kier molecular flexibility index (Phi) is 2.66. The molecule has 0 bridgehead atoms. The Morgan fingerprint density at radius 3 is 2.95 bits per heavy atom. The smallest absolute Gasteiger partial charge is 0.0778 e. The Bertz CT molecular complexity index is 589. The summed E-state index contributed by atoms with van der Waals surface area (Å²) in [6.45, 7) is 2.85. The molecule has 0 N–H and O–H groups in total. The molecule has 0 amide bonds. The quantitative estimate of drug-likeness (QED) is 0.824. The van der Waals surface area contributed by atoms with Gasteiger partial charge >= 0.3 is 0 Å². The number of ether oxygens (including phenoxy) is 1. The lowest BCUT2D eigenvalue weighted by Crippen LogP contribution is -2.43. The standard InChI is InChI=1S/C16H18N2O/c1-2-4-14-13(3-1)15(7-8-17-14)18-9-10-19-16(11-18)12-5-6-12/h1-4,7-8,12,16H,5-6,9-11H2. The zero-order valence-corrected chi connectivity index (χ0v) is 11.0. The molecule has 2 fully saturated rings. The van der Waals surface area contributed by atoms with Crippen molar-refractivity contribution >= 4 is 16.6 Å². The maximum Gasteiger partial charge on any atom is 0.0778 e. The van der Waals surface area contributed by atoms with Crippen LogP contribution in [-0.4, -0.2) is 30.8 Å². The Morgan fingerprint density at radius 2 is 2.05 bits per heavy atom. The Balaban J connectivity index is 1.69. The van der Waals surface area contributed by atoms with Crippen LogP contribution in [0.1, 0.15) is 12.8 Å². The summed E-state index contributed by atoms with van der Waals surface area (Å²) in [5, 5.41) is 1.25. The summed E-state index contributed by atoms with van der Waals surface area (Å²) in [4.78, 5) is 6.91. The van der Waals surface area contributed by atoms with Crippen molar-refractivity contribution in [2.75, 3.05) is 24.6 Å². The molecule has 1 aliphatic carbocycles. The molecule has 2 aromatic rings. The lowest BCUT2D eigenvalue weighted by atomic mass is 10.1. The van der Waals surface area contributed by atoms with Gasteiger partial charge in [0.25, 0.3) is 0 Å². The van der Waals surface area contributed by atoms with Crippen molar-refractivity contribution in [1.82, 2.24) is 4.98 Å². The zero-order valence-electron chi connectivity index (χ0n) is 11.0. The van der Waals surface area contributed by atoms with Crippen molar-refractivity contribution < 1.29 is 4.74 Å². The van der Waals surface area contributed by atoms with Gasteiger partial charge in [-0.25, -0.2) is 0 Å². The van der Waals surface area contributed by atoms with Gasteiger partial charge in [0, 0.05) is 30.4 Å². The Morgan fingerprint density at radius 1 is 1.16 bits per heavy atom. The van der Waals surface area contributed by atoms with Crippen molar-refractivity contribution in [3.05, 3.63) is 36.5 Å².